The predicted molar refractivity (Wildman–Crippen MR) is 101 cm³/mol. The maximum absolute atomic E-state index is 5.69. The van der Waals surface area contributed by atoms with E-state index in [0.29, 0.717) is 6.61 Å². The quantitative estimate of drug-likeness (QED) is 0.458. The lowest BCUT2D eigenvalue weighted by Crippen LogP contribution is -2.55. The summed E-state index contributed by atoms with van der Waals surface area (Å²) in [5, 5.41) is 6.76. The normalized spacial score (nSPS) is 16.7. The second-order valence-corrected chi connectivity index (χ2v) is 6.87. The largest absolute Gasteiger partial charge is 0.492 e. The molecule has 0 aromatic heterocycles. The molecule has 0 aliphatic carbocycles. The molecule has 2 rings (SSSR count). The average molecular weight is 332 g/mol. The highest BCUT2D eigenvalue weighted by molar-refractivity contribution is 5.79. The monoisotopic (exact) mass is 332 g/mol. The average Bonchev–Trinajstić information content (AvgIpc) is 2.63. The molecule has 1 aromatic carbocycles. The molecule has 134 valence electrons. The Morgan fingerprint density at radius 3 is 2.50 bits per heavy atom. The molecular weight excluding hydrogens is 300 g/mol. The van der Waals surface area contributed by atoms with Crippen molar-refractivity contribution in [2.75, 3.05) is 39.8 Å². The van der Waals surface area contributed by atoms with Gasteiger partial charge < -0.3 is 15.4 Å². The first-order valence-corrected chi connectivity index (χ1v) is 8.99. The zero-order valence-electron chi connectivity index (χ0n) is 15.3. The molecular formula is C19H32N4O. The number of aliphatic imine (C=N–C) groups is 1. The van der Waals surface area contributed by atoms with Gasteiger partial charge in [0.25, 0.3) is 0 Å². The van der Waals surface area contributed by atoms with Crippen LogP contribution >= 0.6 is 0 Å². The van der Waals surface area contributed by atoms with Crippen LogP contribution in [0.4, 0.5) is 0 Å². The number of nitrogens with one attached hydrogen (secondary N) is 2. The number of ether oxygens (including phenoxy) is 1. The topological polar surface area (TPSA) is 48.9 Å². The fourth-order valence-electron chi connectivity index (χ4n) is 2.99. The zero-order chi connectivity index (χ0) is 17.3. The summed E-state index contributed by atoms with van der Waals surface area (Å²) in [4.78, 5) is 6.88. The molecule has 24 heavy (non-hydrogen) atoms. The van der Waals surface area contributed by atoms with Gasteiger partial charge in [-0.3, -0.25) is 9.89 Å². The summed E-state index contributed by atoms with van der Waals surface area (Å²) in [6, 6.07) is 9.88. The molecule has 0 radical (unpaired) electrons. The Morgan fingerprint density at radius 2 is 1.83 bits per heavy atom. The maximum atomic E-state index is 5.69. The van der Waals surface area contributed by atoms with Crippen molar-refractivity contribution in [1.29, 1.82) is 0 Å². The van der Waals surface area contributed by atoms with E-state index < -0.39 is 0 Å². The van der Waals surface area contributed by atoms with Gasteiger partial charge in [0, 0.05) is 19.1 Å². The number of rotatable bonds is 7. The number of guanidine groups is 1. The third-order valence-electron chi connectivity index (χ3n) is 4.53. The van der Waals surface area contributed by atoms with Crippen molar-refractivity contribution in [1.82, 2.24) is 15.5 Å². The number of benzene rings is 1. The van der Waals surface area contributed by atoms with Crippen LogP contribution in [-0.4, -0.2) is 56.2 Å². The first kappa shape index (κ1) is 18.6. The Bertz CT molecular complexity index is 495. The van der Waals surface area contributed by atoms with Crippen LogP contribution in [-0.2, 0) is 0 Å². The number of para-hydroxylation sites is 1. The minimum atomic E-state index is 0.137. The van der Waals surface area contributed by atoms with E-state index in [1.165, 1.54) is 32.4 Å². The van der Waals surface area contributed by atoms with Crippen LogP contribution in [0.2, 0.25) is 0 Å². The van der Waals surface area contributed by atoms with Crippen LogP contribution in [0.1, 0.15) is 33.1 Å². The van der Waals surface area contributed by atoms with Gasteiger partial charge in [-0.15, -0.1) is 0 Å². The smallest absolute Gasteiger partial charge is 0.191 e. The molecule has 0 saturated carbocycles. The van der Waals surface area contributed by atoms with Gasteiger partial charge in [0.05, 0.1) is 6.54 Å². The SMILES string of the molecule is CN=C(NCCOc1ccccc1)NCC(C)(C)N1CCCCC1. The summed E-state index contributed by atoms with van der Waals surface area (Å²) in [7, 11) is 1.81. The summed E-state index contributed by atoms with van der Waals surface area (Å²) in [5.41, 5.74) is 0.137. The molecule has 1 heterocycles. The van der Waals surface area contributed by atoms with Crippen molar-refractivity contribution < 1.29 is 4.74 Å². The molecule has 1 aliphatic heterocycles. The fraction of sp³-hybridized carbons (Fsp3) is 0.632. The van der Waals surface area contributed by atoms with Crippen molar-refractivity contribution in [3.05, 3.63) is 30.3 Å². The van der Waals surface area contributed by atoms with Crippen molar-refractivity contribution >= 4 is 5.96 Å². The maximum Gasteiger partial charge on any atom is 0.191 e. The lowest BCUT2D eigenvalue weighted by atomic mass is 9.98. The molecule has 1 saturated heterocycles. The highest BCUT2D eigenvalue weighted by Crippen LogP contribution is 2.19. The minimum absolute atomic E-state index is 0.137. The second kappa shape index (κ2) is 9.52. The van der Waals surface area contributed by atoms with Gasteiger partial charge in [0.15, 0.2) is 5.96 Å². The lowest BCUT2D eigenvalue weighted by molar-refractivity contribution is 0.0982. The standard InChI is InChI=1S/C19H32N4O/c1-19(2,23-13-8-5-9-14-23)16-22-18(20-3)21-12-15-24-17-10-6-4-7-11-17/h4,6-7,10-11H,5,8-9,12-16H2,1-3H3,(H2,20,21,22). The summed E-state index contributed by atoms with van der Waals surface area (Å²) >= 11 is 0. The minimum Gasteiger partial charge on any atom is -0.492 e. The Morgan fingerprint density at radius 1 is 1.12 bits per heavy atom. The van der Waals surface area contributed by atoms with E-state index in [2.05, 4.69) is 34.4 Å². The van der Waals surface area contributed by atoms with Crippen LogP contribution in [0, 0.1) is 0 Å². The Kier molecular flexibility index (Phi) is 7.37. The van der Waals surface area contributed by atoms with Gasteiger partial charge >= 0.3 is 0 Å². The zero-order valence-corrected chi connectivity index (χ0v) is 15.3. The van der Waals surface area contributed by atoms with Gasteiger partial charge in [0.2, 0.25) is 0 Å². The lowest BCUT2D eigenvalue weighted by Gasteiger charge is -2.41. The van der Waals surface area contributed by atoms with Gasteiger partial charge in [-0.05, 0) is 51.9 Å². The molecule has 1 fully saturated rings. The summed E-state index contributed by atoms with van der Waals surface area (Å²) in [6.07, 6.45) is 3.99. The van der Waals surface area contributed by atoms with Gasteiger partial charge in [-0.25, -0.2) is 0 Å². The summed E-state index contributed by atoms with van der Waals surface area (Å²) in [6.45, 7) is 9.22. The molecule has 5 heteroatoms. The molecule has 0 unspecified atom stereocenters. The van der Waals surface area contributed by atoms with Crippen LogP contribution in [0.15, 0.2) is 35.3 Å². The summed E-state index contributed by atoms with van der Waals surface area (Å²) < 4.78 is 5.69. The molecule has 1 aliphatic rings. The van der Waals surface area contributed by atoms with Crippen molar-refractivity contribution in [2.45, 2.75) is 38.6 Å². The molecule has 5 nitrogen and oxygen atoms in total. The third-order valence-corrected chi connectivity index (χ3v) is 4.53. The Hall–Kier alpha value is -1.75. The van der Waals surface area contributed by atoms with E-state index in [9.17, 15) is 0 Å². The van der Waals surface area contributed by atoms with E-state index in [1.54, 1.807) is 7.05 Å². The first-order valence-electron chi connectivity index (χ1n) is 8.99. The molecule has 1 aromatic rings. The Labute approximate surface area is 146 Å². The van der Waals surface area contributed by atoms with Gasteiger partial charge in [0.1, 0.15) is 12.4 Å². The Balaban J connectivity index is 1.68. The number of piperidine rings is 1. The molecule has 0 spiro atoms. The van der Waals surface area contributed by atoms with Gasteiger partial charge in [-0.1, -0.05) is 24.6 Å². The molecule has 0 atom stereocenters. The van der Waals surface area contributed by atoms with Gasteiger partial charge in [-0.2, -0.15) is 0 Å². The number of nitrogens with zero attached hydrogens (tertiary/aromatic N) is 2. The van der Waals surface area contributed by atoms with Crippen molar-refractivity contribution in [3.63, 3.8) is 0 Å². The van der Waals surface area contributed by atoms with Crippen LogP contribution < -0.4 is 15.4 Å². The number of hydrogen-bond donors (Lipinski definition) is 2. The fourth-order valence-corrected chi connectivity index (χ4v) is 2.99. The molecule has 2 N–H and O–H groups in total. The number of likely N-dealkylation sites (tertiary alicyclic amines) is 1. The van der Waals surface area contributed by atoms with E-state index >= 15 is 0 Å². The van der Waals surface area contributed by atoms with E-state index in [1.807, 2.05) is 30.3 Å². The predicted octanol–water partition coefficient (Wildman–Crippen LogP) is 2.49. The van der Waals surface area contributed by atoms with E-state index in [-0.39, 0.29) is 5.54 Å². The first-order chi connectivity index (χ1) is 11.6. The third kappa shape index (κ3) is 6.04. The number of hydrogen-bond acceptors (Lipinski definition) is 3. The molecule has 0 amide bonds. The van der Waals surface area contributed by atoms with Crippen molar-refractivity contribution in [3.8, 4) is 5.75 Å². The molecule has 0 bridgehead atoms. The highest BCUT2D eigenvalue weighted by atomic mass is 16.5. The van der Waals surface area contributed by atoms with Crippen LogP contribution in [0.3, 0.4) is 0 Å². The van der Waals surface area contributed by atoms with Crippen LogP contribution in [0.25, 0.3) is 0 Å². The van der Waals surface area contributed by atoms with E-state index in [4.69, 9.17) is 4.74 Å². The van der Waals surface area contributed by atoms with E-state index in [0.717, 1.165) is 24.8 Å². The summed E-state index contributed by atoms with van der Waals surface area (Å²) in [5.74, 6) is 1.73. The van der Waals surface area contributed by atoms with Crippen molar-refractivity contribution in [2.24, 2.45) is 4.99 Å². The van der Waals surface area contributed by atoms with Crippen LogP contribution in [0.5, 0.6) is 5.75 Å². The second-order valence-electron chi connectivity index (χ2n) is 6.87. The highest BCUT2D eigenvalue weighted by Gasteiger charge is 2.27.